The number of amides is 1. The number of halogens is 2. The van der Waals surface area contributed by atoms with E-state index in [4.69, 9.17) is 10.5 Å². The van der Waals surface area contributed by atoms with Crippen LogP contribution in [0.4, 0.5) is 8.78 Å². The Morgan fingerprint density at radius 3 is 2.52 bits per heavy atom. The molecule has 27 heavy (non-hydrogen) atoms. The number of primary amides is 1. The highest BCUT2D eigenvalue weighted by Gasteiger charge is 2.21. The normalized spacial score (nSPS) is 11.1. The molecule has 0 aliphatic rings. The van der Waals surface area contributed by atoms with E-state index in [0.717, 1.165) is 0 Å². The summed E-state index contributed by atoms with van der Waals surface area (Å²) >= 11 is 0. The summed E-state index contributed by atoms with van der Waals surface area (Å²) in [6, 6.07) is 2.89. The molecule has 0 aliphatic carbocycles. The minimum absolute atomic E-state index is 0.0378. The van der Waals surface area contributed by atoms with Gasteiger partial charge in [-0.2, -0.15) is 5.10 Å². The highest BCUT2D eigenvalue weighted by atomic mass is 19.2. The average Bonchev–Trinajstić information content (AvgIpc) is 3.18. The predicted octanol–water partition coefficient (Wildman–Crippen LogP) is 2.28. The van der Waals surface area contributed by atoms with Crippen molar-refractivity contribution in [3.8, 4) is 22.4 Å². The number of carbonyl (C=O) groups excluding carboxylic acids is 1. The Morgan fingerprint density at radius 1 is 1.22 bits per heavy atom. The van der Waals surface area contributed by atoms with Crippen LogP contribution in [0.3, 0.4) is 0 Å². The maximum Gasteiger partial charge on any atom is 0.284 e. The monoisotopic (exact) mass is 375 g/mol. The van der Waals surface area contributed by atoms with Crippen LogP contribution in [0.25, 0.3) is 22.4 Å². The van der Waals surface area contributed by atoms with Crippen molar-refractivity contribution in [1.29, 1.82) is 0 Å². The van der Waals surface area contributed by atoms with Gasteiger partial charge in [0.2, 0.25) is 0 Å². The minimum atomic E-state index is -1.05. The molecular weight excluding hydrogens is 356 g/mol. The topological polar surface area (TPSA) is 88.0 Å². The summed E-state index contributed by atoms with van der Waals surface area (Å²) in [6.45, 7) is 2.75. The van der Waals surface area contributed by atoms with Gasteiger partial charge in [-0.3, -0.25) is 9.48 Å². The number of hydrogen-bond donors (Lipinski definition) is 1. The summed E-state index contributed by atoms with van der Waals surface area (Å²) < 4.78 is 37.6. The third-order valence-corrected chi connectivity index (χ3v) is 4.36. The second-order valence-corrected chi connectivity index (χ2v) is 6.07. The first kappa shape index (κ1) is 18.7. The van der Waals surface area contributed by atoms with Crippen LogP contribution >= 0.6 is 0 Å². The molecule has 0 saturated carbocycles. The molecule has 3 aromatic rings. The van der Waals surface area contributed by atoms with Crippen molar-refractivity contribution < 1.29 is 18.3 Å². The first-order valence-corrected chi connectivity index (χ1v) is 8.18. The van der Waals surface area contributed by atoms with Crippen LogP contribution in [0.5, 0.6) is 0 Å². The zero-order valence-corrected chi connectivity index (χ0v) is 15.2. The van der Waals surface area contributed by atoms with Crippen molar-refractivity contribution in [2.45, 2.75) is 13.5 Å². The number of aromatic nitrogens is 4. The van der Waals surface area contributed by atoms with E-state index in [1.165, 1.54) is 29.1 Å². The lowest BCUT2D eigenvalue weighted by atomic mass is 10.0. The second-order valence-electron chi connectivity index (χ2n) is 6.07. The molecule has 0 unspecified atom stereocenters. The highest BCUT2D eigenvalue weighted by Crippen LogP contribution is 2.32. The molecule has 0 fully saturated rings. The molecule has 3 rings (SSSR count). The molecule has 0 aliphatic heterocycles. The number of aryl methyl sites for hydroxylation is 1. The fourth-order valence-corrected chi connectivity index (χ4v) is 2.89. The molecule has 0 radical (unpaired) electrons. The Balaban J connectivity index is 2.03. The zero-order valence-electron chi connectivity index (χ0n) is 15.2. The van der Waals surface area contributed by atoms with Crippen LogP contribution in [0.2, 0.25) is 0 Å². The van der Waals surface area contributed by atoms with E-state index in [0.29, 0.717) is 24.4 Å². The maximum absolute atomic E-state index is 14.8. The molecule has 2 aromatic heterocycles. The maximum atomic E-state index is 14.8. The van der Waals surface area contributed by atoms with Gasteiger partial charge in [0.1, 0.15) is 0 Å². The molecule has 0 spiro atoms. The number of imidazole rings is 1. The third kappa shape index (κ3) is 3.33. The lowest BCUT2D eigenvalue weighted by Gasteiger charge is -2.08. The molecule has 0 saturated heterocycles. The van der Waals surface area contributed by atoms with Crippen LogP contribution in [0, 0.1) is 18.6 Å². The summed E-state index contributed by atoms with van der Waals surface area (Å²) in [6.07, 6.45) is 2.92. The zero-order chi connectivity index (χ0) is 19.7. The smallest absolute Gasteiger partial charge is 0.284 e. The Morgan fingerprint density at radius 2 is 1.89 bits per heavy atom. The Kier molecular flexibility index (Phi) is 5.04. The number of benzene rings is 1. The first-order valence-electron chi connectivity index (χ1n) is 8.18. The number of ether oxygens (including phenoxy) is 1. The average molecular weight is 375 g/mol. The van der Waals surface area contributed by atoms with Crippen LogP contribution in [0.1, 0.15) is 16.3 Å². The summed E-state index contributed by atoms with van der Waals surface area (Å²) in [5, 5.41) is 4.20. The van der Waals surface area contributed by atoms with Crippen molar-refractivity contribution in [2.24, 2.45) is 12.8 Å². The second kappa shape index (κ2) is 7.28. The summed E-state index contributed by atoms with van der Waals surface area (Å²) in [5.41, 5.74) is 6.59. The fraction of sp³-hybridized carbons (Fsp3) is 0.278. The van der Waals surface area contributed by atoms with E-state index in [1.54, 1.807) is 25.8 Å². The van der Waals surface area contributed by atoms with E-state index in [2.05, 4.69) is 10.1 Å². The minimum Gasteiger partial charge on any atom is -0.383 e. The van der Waals surface area contributed by atoms with Crippen molar-refractivity contribution in [3.63, 3.8) is 0 Å². The van der Waals surface area contributed by atoms with Gasteiger partial charge < -0.3 is 15.0 Å². The fourth-order valence-electron chi connectivity index (χ4n) is 2.89. The van der Waals surface area contributed by atoms with Gasteiger partial charge >= 0.3 is 0 Å². The molecule has 142 valence electrons. The standard InChI is InChI=1S/C18H19F2N5O2/c1-10-13(8-22-25(10)6-7-27-3)11-4-5-12(16(20)15(11)19)14-9-24(2)18(23-14)17(21)26/h4-5,8-9H,6-7H2,1-3H3,(H2,21,26). The lowest BCUT2D eigenvalue weighted by molar-refractivity contribution is 0.0987. The van der Waals surface area contributed by atoms with Crippen molar-refractivity contribution in [3.05, 3.63) is 47.7 Å². The number of methoxy groups -OCH3 is 1. The summed E-state index contributed by atoms with van der Waals surface area (Å²) in [4.78, 5) is 15.3. The molecule has 7 nitrogen and oxygen atoms in total. The molecular formula is C18H19F2N5O2. The van der Waals surface area contributed by atoms with Crippen LogP contribution in [0.15, 0.2) is 24.5 Å². The number of rotatable bonds is 6. The van der Waals surface area contributed by atoms with Gasteiger partial charge in [-0.25, -0.2) is 13.8 Å². The molecule has 0 atom stereocenters. The van der Waals surface area contributed by atoms with E-state index in [-0.39, 0.29) is 22.6 Å². The Bertz CT molecular complexity index is 1010. The van der Waals surface area contributed by atoms with Gasteiger partial charge in [0.25, 0.3) is 5.91 Å². The first-order chi connectivity index (χ1) is 12.8. The Labute approximate surface area is 154 Å². The largest absolute Gasteiger partial charge is 0.383 e. The number of carbonyl (C=O) groups is 1. The van der Waals surface area contributed by atoms with Gasteiger partial charge in [-0.1, -0.05) is 6.07 Å². The van der Waals surface area contributed by atoms with Gasteiger partial charge in [0, 0.05) is 42.7 Å². The van der Waals surface area contributed by atoms with Gasteiger partial charge in [-0.15, -0.1) is 0 Å². The van der Waals surface area contributed by atoms with E-state index in [9.17, 15) is 13.6 Å². The van der Waals surface area contributed by atoms with Crippen LogP contribution in [-0.2, 0) is 18.3 Å². The van der Waals surface area contributed by atoms with Gasteiger partial charge in [0.05, 0.1) is 25.0 Å². The lowest BCUT2D eigenvalue weighted by Crippen LogP contribution is -2.16. The molecule has 0 bridgehead atoms. The van der Waals surface area contributed by atoms with Crippen molar-refractivity contribution in [1.82, 2.24) is 19.3 Å². The van der Waals surface area contributed by atoms with Crippen LogP contribution < -0.4 is 5.73 Å². The van der Waals surface area contributed by atoms with Gasteiger partial charge in [0.15, 0.2) is 17.5 Å². The highest BCUT2D eigenvalue weighted by molar-refractivity contribution is 5.90. The van der Waals surface area contributed by atoms with E-state index < -0.39 is 17.5 Å². The summed E-state index contributed by atoms with van der Waals surface area (Å²) in [7, 11) is 3.13. The van der Waals surface area contributed by atoms with E-state index in [1.807, 2.05) is 0 Å². The van der Waals surface area contributed by atoms with Gasteiger partial charge in [-0.05, 0) is 13.0 Å². The molecule has 2 heterocycles. The molecule has 9 heteroatoms. The third-order valence-electron chi connectivity index (χ3n) is 4.36. The van der Waals surface area contributed by atoms with Crippen molar-refractivity contribution >= 4 is 5.91 Å². The Hall–Kier alpha value is -3.07. The molecule has 1 aromatic carbocycles. The number of nitrogens with zero attached hydrogens (tertiary/aromatic N) is 4. The van der Waals surface area contributed by atoms with Crippen LogP contribution in [-0.4, -0.2) is 39.0 Å². The quantitative estimate of drug-likeness (QED) is 0.716. The summed E-state index contributed by atoms with van der Waals surface area (Å²) in [5.74, 6) is -2.84. The predicted molar refractivity (Wildman–Crippen MR) is 94.9 cm³/mol. The molecule has 1 amide bonds. The van der Waals surface area contributed by atoms with E-state index >= 15 is 0 Å². The number of nitrogens with two attached hydrogens (primary N) is 1. The molecule has 2 N–H and O–H groups in total. The van der Waals surface area contributed by atoms with Crippen molar-refractivity contribution in [2.75, 3.05) is 13.7 Å². The SMILES string of the molecule is COCCn1ncc(-c2ccc(-c3cn(C)c(C(N)=O)n3)c(F)c2F)c1C. The number of hydrogen-bond acceptors (Lipinski definition) is 4.